The number of carboxylic acids is 1. The van der Waals surface area contributed by atoms with Crippen LogP contribution in [0.1, 0.15) is 118 Å². The molecule has 29 N–H and O–H groups in total. The molecule has 37 heteroatoms. The van der Waals surface area contributed by atoms with Crippen molar-refractivity contribution in [2.75, 3.05) is 45.9 Å². The molecule has 37 nitrogen and oxygen atoms in total. The van der Waals surface area contributed by atoms with E-state index < -0.39 is 175 Å². The van der Waals surface area contributed by atoms with Crippen molar-refractivity contribution in [2.24, 2.45) is 50.1 Å². The topological polar surface area (TPSA) is 636 Å². The van der Waals surface area contributed by atoms with Gasteiger partial charge in [-0.3, -0.25) is 67.6 Å². The summed E-state index contributed by atoms with van der Waals surface area (Å²) in [6.45, 7) is 7.12. The number of carbonyl (C=O) groups excluding carboxylic acids is 11. The van der Waals surface area contributed by atoms with Crippen molar-refractivity contribution in [3.05, 3.63) is 12.2 Å². The second-order valence-electron chi connectivity index (χ2n) is 22.3. The molecule has 1 aliphatic rings. The van der Waals surface area contributed by atoms with E-state index in [1.165, 1.54) is 20.8 Å². The van der Waals surface area contributed by atoms with Crippen molar-refractivity contribution in [3.8, 4) is 0 Å². The number of aliphatic imine (C=N–C) groups is 2. The molecular formula is C55H100N20O17. The largest absolute Gasteiger partial charge is 0.480 e. The molecule has 0 unspecified atom stereocenters. The fraction of sp³-hybridized carbons (Fsp3) is 0.709. The van der Waals surface area contributed by atoms with Gasteiger partial charge in [0.1, 0.15) is 54.4 Å². The lowest BCUT2D eigenvalue weighted by atomic mass is 10.0. The number of carbonyl (C=O) groups is 12. The first-order valence-corrected chi connectivity index (χ1v) is 30.4. The Kier molecular flexibility index (Phi) is 38.5. The predicted octanol–water partition coefficient (Wildman–Crippen LogP) is -9.65. The third-order valence-corrected chi connectivity index (χ3v) is 14.2. The number of hydrogen-bond donors (Lipinski definition) is 22. The Bertz CT molecular complexity index is 2530. The molecule has 1 aliphatic heterocycles. The quantitative estimate of drug-likeness (QED) is 0.0116. The van der Waals surface area contributed by atoms with Gasteiger partial charge in [0.25, 0.3) is 0 Å². The minimum atomic E-state index is -1.90. The highest BCUT2D eigenvalue weighted by molar-refractivity contribution is 5.99. The van der Waals surface area contributed by atoms with Gasteiger partial charge in [0.05, 0.1) is 31.0 Å². The Morgan fingerprint density at radius 3 is 1.25 bits per heavy atom. The molecule has 0 aromatic heterocycles. The number of rotatable bonds is 45. The number of hydrogen-bond acceptors (Lipinski definition) is 21. The summed E-state index contributed by atoms with van der Waals surface area (Å²) >= 11 is 0. The lowest BCUT2D eigenvalue weighted by Gasteiger charge is -2.29. The van der Waals surface area contributed by atoms with Crippen LogP contribution < -0.4 is 93.3 Å². The molecule has 14 atom stereocenters. The fourth-order valence-electron chi connectivity index (χ4n) is 8.91. The molecule has 0 bridgehead atoms. The van der Waals surface area contributed by atoms with Gasteiger partial charge in [-0.1, -0.05) is 12.2 Å². The minimum Gasteiger partial charge on any atom is -0.480 e. The summed E-state index contributed by atoms with van der Waals surface area (Å²) in [5, 5.41) is 74.7. The average Bonchev–Trinajstić information content (AvgIpc) is 1.43. The number of nitrogens with two attached hydrogens (primary N) is 7. The van der Waals surface area contributed by atoms with Crippen LogP contribution in [0.5, 0.6) is 0 Å². The molecule has 0 spiro atoms. The summed E-state index contributed by atoms with van der Waals surface area (Å²) in [7, 11) is 0. The number of unbranched alkanes of at least 4 members (excludes halogenated alkanes) is 2. The van der Waals surface area contributed by atoms with Gasteiger partial charge >= 0.3 is 5.97 Å². The number of nitrogens with zero attached hydrogens (tertiary/aromatic N) is 3. The van der Waals surface area contributed by atoms with Crippen molar-refractivity contribution in [3.63, 3.8) is 0 Å². The zero-order valence-corrected chi connectivity index (χ0v) is 52.9. The molecule has 1 heterocycles. The standard InChI is InChI=1S/C55H100N20O17/c1-28(57)43(81)66-36(18-14-23-64-55(61)62)48(86)73-41(31(4)78)52(90)70-34(16-8-12-26-75-24-10-6-11-25-75)45(83)69-37(19-20-39(58)80)49(87)72-40(30(3)77)51(89)65-29(2)44(82)67-35(17-13-22-63-54(59)60)46(84)68-33(15-7-9-21-56)47(85)71-38(27-76)50(88)74-42(32(5)79)53(91)92/h6,10,28-38,40-42,76-79H,7-9,11-27,56-57H2,1-5H3,(H2,58,80)(H,65,89)(H,66,81)(H,67,82)(H,68,84)(H,69,83)(H,70,90)(H,71,85)(H,72,87)(H,73,86)(H,74,88)(H,91,92)(H4,59,60,63)(H4,61,62,64)/t28-,29-,30+,31+,32+,33-,34-,35-,36-,37-,38-,40-,41-,42-/m0/s1. The van der Waals surface area contributed by atoms with Crippen molar-refractivity contribution >= 4 is 82.9 Å². The van der Waals surface area contributed by atoms with E-state index in [-0.39, 0.29) is 76.5 Å². The highest BCUT2D eigenvalue weighted by Gasteiger charge is 2.37. The van der Waals surface area contributed by atoms with Crippen LogP contribution in [0.2, 0.25) is 0 Å². The van der Waals surface area contributed by atoms with Crippen molar-refractivity contribution in [1.29, 1.82) is 0 Å². The molecule has 522 valence electrons. The lowest BCUT2D eigenvalue weighted by molar-refractivity contribution is -0.145. The van der Waals surface area contributed by atoms with Gasteiger partial charge in [0.2, 0.25) is 65.0 Å². The molecule has 0 radical (unpaired) electrons. The smallest absolute Gasteiger partial charge is 0.328 e. The molecule has 0 fully saturated rings. The van der Waals surface area contributed by atoms with Crippen molar-refractivity contribution in [2.45, 2.75) is 203 Å². The number of aliphatic carboxylic acids is 1. The Labute approximate surface area is 533 Å². The van der Waals surface area contributed by atoms with Gasteiger partial charge in [-0.25, -0.2) is 4.79 Å². The summed E-state index contributed by atoms with van der Waals surface area (Å²) in [5.74, 6) is -13.3. The molecular weight excluding hydrogens is 1210 g/mol. The molecule has 11 amide bonds. The van der Waals surface area contributed by atoms with Gasteiger partial charge in [-0.15, -0.1) is 0 Å². The van der Waals surface area contributed by atoms with Crippen LogP contribution in [-0.2, 0) is 57.5 Å². The van der Waals surface area contributed by atoms with Crippen LogP contribution in [-0.4, -0.2) is 244 Å². The minimum absolute atomic E-state index is 0.0398. The van der Waals surface area contributed by atoms with Crippen LogP contribution in [0.4, 0.5) is 0 Å². The average molecular weight is 1310 g/mol. The SMILES string of the molecule is C[C@H](N)C(=O)N[C@@H](CCCN=C(N)N)C(=O)N[C@H](C(=O)N[C@@H](CCCCN1CC=CCC1)C(=O)N[C@@H](CCC(N)=O)C(=O)N[C@H](C(=O)N[C@@H](C)C(=O)N[C@@H](CCCN=C(N)N)C(=O)N[C@@H](CCCCN)C(=O)N[C@@H](CO)C(=O)N[C@H](C(=O)O)[C@@H](C)O)[C@@H](C)O)[C@@H](C)O. The van der Waals surface area contributed by atoms with Gasteiger partial charge in [-0.2, -0.15) is 0 Å². The van der Waals surface area contributed by atoms with Gasteiger partial charge in [0.15, 0.2) is 18.0 Å². The molecule has 0 aromatic rings. The van der Waals surface area contributed by atoms with E-state index in [1.807, 2.05) is 17.5 Å². The van der Waals surface area contributed by atoms with E-state index in [4.69, 9.17) is 40.1 Å². The van der Waals surface area contributed by atoms with E-state index in [9.17, 15) is 83.1 Å². The number of primary amides is 1. The number of nitrogens with one attached hydrogen (secondary N) is 10. The summed E-state index contributed by atoms with van der Waals surface area (Å²) in [6.07, 6.45) is 0.114. The van der Waals surface area contributed by atoms with E-state index in [2.05, 4.69) is 62.7 Å². The molecule has 1 rings (SSSR count). The molecule has 0 aromatic carbocycles. The van der Waals surface area contributed by atoms with Gasteiger partial charge < -0.3 is 119 Å². The second kappa shape index (κ2) is 43.4. The first-order chi connectivity index (χ1) is 43.2. The summed E-state index contributed by atoms with van der Waals surface area (Å²) < 4.78 is 0. The van der Waals surface area contributed by atoms with Crippen LogP contribution in [0.15, 0.2) is 22.1 Å². The summed E-state index contributed by atoms with van der Waals surface area (Å²) in [4.78, 5) is 171. The van der Waals surface area contributed by atoms with Crippen molar-refractivity contribution in [1.82, 2.24) is 58.1 Å². The number of aliphatic hydroxyl groups excluding tert-OH is 4. The van der Waals surface area contributed by atoms with Crippen LogP contribution in [0.3, 0.4) is 0 Å². The zero-order valence-electron chi connectivity index (χ0n) is 52.9. The van der Waals surface area contributed by atoms with Crippen molar-refractivity contribution < 1.29 is 83.1 Å². The zero-order chi connectivity index (χ0) is 69.8. The summed E-state index contributed by atoms with van der Waals surface area (Å²) in [5.41, 5.74) is 38.6. The van der Waals surface area contributed by atoms with E-state index in [0.717, 1.165) is 26.8 Å². The number of guanidine groups is 2. The number of aliphatic hydroxyl groups is 4. The van der Waals surface area contributed by atoms with Crippen LogP contribution in [0, 0.1) is 0 Å². The predicted molar refractivity (Wildman–Crippen MR) is 334 cm³/mol. The molecule has 92 heavy (non-hydrogen) atoms. The van der Waals surface area contributed by atoms with E-state index in [0.29, 0.717) is 32.4 Å². The van der Waals surface area contributed by atoms with E-state index in [1.54, 1.807) is 0 Å². The summed E-state index contributed by atoms with van der Waals surface area (Å²) in [6, 6.07) is -17.3. The Morgan fingerprint density at radius 2 is 0.848 bits per heavy atom. The lowest BCUT2D eigenvalue weighted by Crippen LogP contribution is -2.62. The molecule has 0 aliphatic carbocycles. The number of amides is 11. The molecule has 0 saturated heterocycles. The normalized spacial score (nSPS) is 16.7. The monoisotopic (exact) mass is 1310 g/mol. The first-order valence-electron chi connectivity index (χ1n) is 30.4. The first kappa shape index (κ1) is 81.7. The number of carboxylic acid groups (broad SMARTS) is 1. The Balaban J connectivity index is 3.55. The van der Waals surface area contributed by atoms with Crippen LogP contribution in [0.25, 0.3) is 0 Å². The maximum atomic E-state index is 14.4. The highest BCUT2D eigenvalue weighted by atomic mass is 16.4. The van der Waals surface area contributed by atoms with Gasteiger partial charge in [-0.05, 0) is 125 Å². The maximum Gasteiger partial charge on any atom is 0.328 e. The third kappa shape index (κ3) is 32.1. The second-order valence-corrected chi connectivity index (χ2v) is 22.3. The van der Waals surface area contributed by atoms with E-state index >= 15 is 0 Å². The third-order valence-electron chi connectivity index (χ3n) is 14.2. The maximum absolute atomic E-state index is 14.4. The highest BCUT2D eigenvalue weighted by Crippen LogP contribution is 2.12. The Morgan fingerprint density at radius 1 is 0.467 bits per heavy atom. The van der Waals surface area contributed by atoms with Gasteiger partial charge in [0, 0.05) is 32.6 Å². The fourth-order valence-corrected chi connectivity index (χ4v) is 8.91. The Hall–Kier alpha value is -8.36. The molecule has 0 saturated carbocycles. The van der Waals surface area contributed by atoms with Crippen LogP contribution >= 0.6 is 0 Å².